The summed E-state index contributed by atoms with van der Waals surface area (Å²) in [5, 5.41) is 0. The molecule has 1 aliphatic heterocycles. The van der Waals surface area contributed by atoms with E-state index < -0.39 is 17.3 Å². The number of hydrogen-bond acceptors (Lipinski definition) is 1. The maximum atomic E-state index is 10.7. The average molecular weight is 497 g/mol. The minimum absolute atomic E-state index is 0.208. The summed E-state index contributed by atoms with van der Waals surface area (Å²) in [4.78, 5) is 12.3. The van der Waals surface area contributed by atoms with Crippen LogP contribution in [-0.2, 0) is 4.79 Å². The van der Waals surface area contributed by atoms with Crippen molar-refractivity contribution >= 4 is 42.8 Å². The van der Waals surface area contributed by atoms with E-state index in [4.69, 9.17) is 8.92 Å². The van der Waals surface area contributed by atoms with Crippen LogP contribution in [0.3, 0.4) is 0 Å². The Balaban J connectivity index is 0.000000236. The number of amides is 1. The summed E-state index contributed by atoms with van der Waals surface area (Å²) in [6.07, 6.45) is 3.28. The molecule has 0 spiro atoms. The molecule has 1 fully saturated rings. The minimum atomic E-state index is -3.30. The molecule has 0 N–H and O–H groups in total. The second-order valence-electron chi connectivity index (χ2n) is 6.63. The van der Waals surface area contributed by atoms with Crippen molar-refractivity contribution in [3.8, 4) is 0 Å². The molecule has 2 nitrogen and oxygen atoms in total. The molecular weight excluding hydrogens is 472 g/mol. The predicted octanol–water partition coefficient (Wildman–Crippen LogP) is 3.64. The molecule has 4 heteroatoms. The summed E-state index contributed by atoms with van der Waals surface area (Å²) in [6.45, 7) is 4.36. The van der Waals surface area contributed by atoms with E-state index in [1.807, 2.05) is 18.2 Å². The van der Waals surface area contributed by atoms with Gasteiger partial charge in [0.15, 0.2) is 0 Å². The van der Waals surface area contributed by atoms with Crippen LogP contribution in [0.5, 0.6) is 0 Å². The number of carbonyl (C=O) groups excluding carboxylic acids is 1. The first-order valence-electron chi connectivity index (χ1n) is 9.43. The fourth-order valence-electron chi connectivity index (χ4n) is 3.37. The molecule has 3 aromatic rings. The van der Waals surface area contributed by atoms with Crippen LogP contribution >= 0.6 is 8.92 Å². The molecule has 0 aliphatic carbocycles. The Morgan fingerprint density at radius 3 is 1.43 bits per heavy atom. The molecule has 4 rings (SSSR count). The Morgan fingerprint density at radius 1 is 0.786 bits per heavy atom. The first-order valence-corrected chi connectivity index (χ1v) is 17.3. The van der Waals surface area contributed by atoms with E-state index in [1.54, 1.807) is 11.1 Å². The SMILES string of the molecule is C=CN1CCCC1=O.[Cl][Sn]([c]1ccccc1)([c]1ccccc1)[c]1ccccc1. The topological polar surface area (TPSA) is 20.3 Å². The molecule has 28 heavy (non-hydrogen) atoms. The molecule has 1 amide bonds. The summed E-state index contributed by atoms with van der Waals surface area (Å²) < 4.78 is 3.88. The van der Waals surface area contributed by atoms with Gasteiger partial charge in [-0.3, -0.25) is 4.79 Å². The molecule has 0 atom stereocenters. The van der Waals surface area contributed by atoms with Gasteiger partial charge in [0.2, 0.25) is 5.91 Å². The second kappa shape index (κ2) is 9.94. The number of likely N-dealkylation sites (tertiary alicyclic amines) is 1. The molecule has 3 aromatic carbocycles. The van der Waals surface area contributed by atoms with Crippen molar-refractivity contribution in [1.29, 1.82) is 0 Å². The van der Waals surface area contributed by atoms with E-state index in [2.05, 4.69) is 79.4 Å². The monoisotopic (exact) mass is 497 g/mol. The van der Waals surface area contributed by atoms with Gasteiger partial charge in [-0.25, -0.2) is 0 Å². The quantitative estimate of drug-likeness (QED) is 0.505. The summed E-state index contributed by atoms with van der Waals surface area (Å²) in [5.74, 6) is 0.208. The van der Waals surface area contributed by atoms with Crippen LogP contribution < -0.4 is 10.7 Å². The Bertz CT molecular complexity index is 803. The van der Waals surface area contributed by atoms with Crippen molar-refractivity contribution in [3.05, 3.63) is 104 Å². The van der Waals surface area contributed by atoms with Crippen LogP contribution in [0.15, 0.2) is 104 Å². The van der Waals surface area contributed by atoms with Gasteiger partial charge in [0, 0.05) is 13.0 Å². The Hall–Kier alpha value is -2.04. The van der Waals surface area contributed by atoms with Crippen LogP contribution in [0.25, 0.3) is 0 Å². The van der Waals surface area contributed by atoms with Crippen LogP contribution in [-0.4, -0.2) is 34.6 Å². The van der Waals surface area contributed by atoms with E-state index in [0.29, 0.717) is 6.42 Å². The molecular formula is C24H24ClNOSn. The fourth-order valence-corrected chi connectivity index (χ4v) is 14.3. The van der Waals surface area contributed by atoms with Gasteiger partial charge in [-0.05, 0) is 12.6 Å². The second-order valence-corrected chi connectivity index (χ2v) is 19.1. The van der Waals surface area contributed by atoms with Gasteiger partial charge in [-0.1, -0.05) is 6.58 Å². The van der Waals surface area contributed by atoms with Gasteiger partial charge in [0.1, 0.15) is 0 Å². The zero-order valence-corrected chi connectivity index (χ0v) is 19.4. The number of benzene rings is 3. The van der Waals surface area contributed by atoms with E-state index in [-0.39, 0.29) is 5.91 Å². The predicted molar refractivity (Wildman–Crippen MR) is 121 cm³/mol. The Labute approximate surface area is 175 Å². The molecule has 0 radical (unpaired) electrons. The normalized spacial score (nSPS) is 13.6. The standard InChI is InChI=1S/C6H9NO.3C6H5.ClH.Sn/c1-2-7-5-3-4-6(7)8;3*1-2-4-6-5-3-1;;/h2H,1,3-5H2;3*1-5H;1H;/q;;;;;+1/p-1. The van der Waals surface area contributed by atoms with Crippen molar-refractivity contribution in [1.82, 2.24) is 4.90 Å². The number of hydrogen-bond donors (Lipinski definition) is 0. The molecule has 0 aromatic heterocycles. The summed E-state index contributed by atoms with van der Waals surface area (Å²) in [5.41, 5.74) is 0. The first-order chi connectivity index (χ1) is 13.7. The van der Waals surface area contributed by atoms with Crippen LogP contribution in [0.4, 0.5) is 0 Å². The third-order valence-corrected chi connectivity index (χ3v) is 18.9. The molecule has 0 bridgehead atoms. The molecule has 0 saturated carbocycles. The first kappa shape index (κ1) is 20.7. The zero-order valence-electron chi connectivity index (χ0n) is 15.8. The van der Waals surface area contributed by atoms with E-state index in [0.717, 1.165) is 13.0 Å². The van der Waals surface area contributed by atoms with Crippen LogP contribution in [0, 0.1) is 0 Å². The van der Waals surface area contributed by atoms with Crippen LogP contribution in [0.1, 0.15) is 12.8 Å². The van der Waals surface area contributed by atoms with Gasteiger partial charge >= 0.3 is 128 Å². The van der Waals surface area contributed by atoms with Crippen molar-refractivity contribution in [3.63, 3.8) is 0 Å². The number of halogens is 1. The summed E-state index contributed by atoms with van der Waals surface area (Å²) >= 11 is -3.30. The third-order valence-electron chi connectivity index (χ3n) is 4.85. The molecule has 0 unspecified atom stereocenters. The van der Waals surface area contributed by atoms with Crippen molar-refractivity contribution in [2.24, 2.45) is 0 Å². The fraction of sp³-hybridized carbons (Fsp3) is 0.125. The van der Waals surface area contributed by atoms with Crippen molar-refractivity contribution in [2.45, 2.75) is 12.8 Å². The Kier molecular flexibility index (Phi) is 7.35. The number of nitrogens with zero attached hydrogens (tertiary/aromatic N) is 1. The number of carbonyl (C=O) groups is 1. The van der Waals surface area contributed by atoms with Crippen LogP contribution in [0.2, 0.25) is 0 Å². The van der Waals surface area contributed by atoms with Gasteiger partial charge in [0.05, 0.1) is 0 Å². The maximum absolute atomic E-state index is 10.7. The molecule has 1 heterocycles. The van der Waals surface area contributed by atoms with Gasteiger partial charge in [0.25, 0.3) is 0 Å². The van der Waals surface area contributed by atoms with E-state index >= 15 is 0 Å². The van der Waals surface area contributed by atoms with Crippen molar-refractivity contribution < 1.29 is 4.79 Å². The zero-order chi connectivity index (χ0) is 19.8. The number of rotatable bonds is 4. The van der Waals surface area contributed by atoms with Gasteiger partial charge in [-0.15, -0.1) is 0 Å². The average Bonchev–Trinajstić information content (AvgIpc) is 3.20. The van der Waals surface area contributed by atoms with Crippen molar-refractivity contribution in [2.75, 3.05) is 6.54 Å². The molecule has 1 saturated heterocycles. The molecule has 1 aliphatic rings. The van der Waals surface area contributed by atoms with Gasteiger partial charge in [-0.2, -0.15) is 0 Å². The Morgan fingerprint density at radius 2 is 1.18 bits per heavy atom. The summed E-state index contributed by atoms with van der Waals surface area (Å²) in [6, 6.07) is 31.6. The summed E-state index contributed by atoms with van der Waals surface area (Å²) in [7, 11) is 7.33. The molecule has 142 valence electrons. The van der Waals surface area contributed by atoms with Gasteiger partial charge < -0.3 is 4.90 Å². The third kappa shape index (κ3) is 4.68. The van der Waals surface area contributed by atoms with E-state index in [9.17, 15) is 4.79 Å². The van der Waals surface area contributed by atoms with E-state index in [1.165, 1.54) is 10.7 Å².